The van der Waals surface area contributed by atoms with E-state index in [1.807, 2.05) is 7.05 Å². The number of methoxy groups -OCH3 is 1. The fourth-order valence-corrected chi connectivity index (χ4v) is 5.86. The zero-order valence-corrected chi connectivity index (χ0v) is 25.1. The van der Waals surface area contributed by atoms with Crippen molar-refractivity contribution in [1.82, 2.24) is 19.4 Å². The molecule has 2 aromatic heterocycles. The number of halogens is 2. The number of fused-ring (bicyclic) bond motifs is 1. The lowest BCUT2D eigenvalue weighted by Gasteiger charge is -2.37. The second-order valence-corrected chi connectivity index (χ2v) is 12.0. The van der Waals surface area contributed by atoms with Crippen LogP contribution in [0, 0.1) is 23.0 Å². The molecule has 0 unspecified atom stereocenters. The predicted molar refractivity (Wildman–Crippen MR) is 158 cm³/mol. The highest BCUT2D eigenvalue weighted by atomic mass is 19.1. The first-order chi connectivity index (χ1) is 20.4. The maximum Gasteiger partial charge on any atom is 0.410 e. The van der Waals surface area contributed by atoms with Gasteiger partial charge in [0.15, 0.2) is 5.82 Å². The molecule has 4 heterocycles. The summed E-state index contributed by atoms with van der Waals surface area (Å²) in [7, 11) is 3.33. The van der Waals surface area contributed by atoms with Crippen LogP contribution in [0.1, 0.15) is 39.2 Å². The number of pyridine rings is 2. The SMILES string of the molecule is COc1cccc(F)c1-c1nc2c(cc1F)c(N1CCN(C(=O)OC(C)(C)C)CC1)c(C#N)c(=O)n2C[C@@H]1CCCN1C. The van der Waals surface area contributed by atoms with Crippen LogP contribution in [0.25, 0.3) is 22.3 Å². The largest absolute Gasteiger partial charge is 0.496 e. The molecule has 1 aromatic carbocycles. The molecule has 2 aliphatic heterocycles. The van der Waals surface area contributed by atoms with Crippen molar-refractivity contribution in [3.05, 3.63) is 51.8 Å². The number of rotatable bonds is 5. The quantitative estimate of drug-likeness (QED) is 0.429. The van der Waals surface area contributed by atoms with Crippen molar-refractivity contribution >= 4 is 22.8 Å². The van der Waals surface area contributed by atoms with Crippen LogP contribution >= 0.6 is 0 Å². The molecule has 2 saturated heterocycles. The number of piperazine rings is 1. The molecule has 0 aliphatic carbocycles. The van der Waals surface area contributed by atoms with Gasteiger partial charge >= 0.3 is 6.09 Å². The van der Waals surface area contributed by atoms with Crippen LogP contribution in [-0.4, -0.2) is 84.0 Å². The van der Waals surface area contributed by atoms with Crippen LogP contribution in [0.2, 0.25) is 0 Å². The van der Waals surface area contributed by atoms with Crippen molar-refractivity contribution in [3.63, 3.8) is 0 Å². The van der Waals surface area contributed by atoms with Crippen LogP contribution in [0.4, 0.5) is 19.3 Å². The van der Waals surface area contributed by atoms with Crippen molar-refractivity contribution in [2.45, 2.75) is 51.8 Å². The van der Waals surface area contributed by atoms with Crippen molar-refractivity contribution < 1.29 is 23.0 Å². The lowest BCUT2D eigenvalue weighted by atomic mass is 10.0. The predicted octanol–water partition coefficient (Wildman–Crippen LogP) is 4.37. The Kier molecular flexibility index (Phi) is 8.29. The van der Waals surface area contributed by atoms with Crippen LogP contribution in [0.15, 0.2) is 29.1 Å². The molecule has 0 bridgehead atoms. The monoisotopic (exact) mass is 594 g/mol. The Hall–Kier alpha value is -4.24. The third-order valence-electron chi connectivity index (χ3n) is 8.02. The minimum atomic E-state index is -0.823. The summed E-state index contributed by atoms with van der Waals surface area (Å²) in [4.78, 5) is 36.7. The normalized spacial score (nSPS) is 17.8. The molecule has 12 heteroatoms. The van der Waals surface area contributed by atoms with Gasteiger partial charge in [0.1, 0.15) is 40.1 Å². The average Bonchev–Trinajstić information content (AvgIpc) is 3.37. The molecular weight excluding hydrogens is 558 g/mol. The Bertz CT molecular complexity index is 1650. The zero-order chi connectivity index (χ0) is 31.1. The van der Waals surface area contributed by atoms with Crippen LogP contribution in [0.5, 0.6) is 5.75 Å². The number of aromatic nitrogens is 2. The lowest BCUT2D eigenvalue weighted by molar-refractivity contribution is 0.0240. The minimum absolute atomic E-state index is 0.00830. The first-order valence-corrected chi connectivity index (χ1v) is 14.4. The minimum Gasteiger partial charge on any atom is -0.496 e. The van der Waals surface area contributed by atoms with E-state index in [2.05, 4.69) is 16.0 Å². The van der Waals surface area contributed by atoms with Crippen molar-refractivity contribution in [2.75, 3.05) is 51.8 Å². The Labute approximate surface area is 249 Å². The molecule has 43 heavy (non-hydrogen) atoms. The summed E-state index contributed by atoms with van der Waals surface area (Å²) in [5.41, 5.74) is -1.38. The summed E-state index contributed by atoms with van der Waals surface area (Å²) in [6, 6.07) is 7.45. The Morgan fingerprint density at radius 1 is 1.14 bits per heavy atom. The summed E-state index contributed by atoms with van der Waals surface area (Å²) in [6.45, 7) is 7.58. The fraction of sp³-hybridized carbons (Fsp3) is 0.484. The van der Waals surface area contributed by atoms with Gasteiger partial charge in [-0.15, -0.1) is 0 Å². The number of likely N-dealkylation sites (tertiary alicyclic amines) is 1. The fourth-order valence-electron chi connectivity index (χ4n) is 5.86. The van der Waals surface area contributed by atoms with E-state index in [0.717, 1.165) is 19.4 Å². The number of nitriles is 1. The van der Waals surface area contributed by atoms with Gasteiger partial charge in [0.2, 0.25) is 0 Å². The van der Waals surface area contributed by atoms with Gasteiger partial charge < -0.3 is 24.2 Å². The van der Waals surface area contributed by atoms with Crippen molar-refractivity contribution in [1.29, 1.82) is 5.26 Å². The highest BCUT2D eigenvalue weighted by molar-refractivity contribution is 5.94. The number of hydrogen-bond donors (Lipinski definition) is 0. The molecule has 10 nitrogen and oxygen atoms in total. The third-order valence-corrected chi connectivity index (χ3v) is 8.02. The van der Waals surface area contributed by atoms with E-state index >= 15 is 8.78 Å². The van der Waals surface area contributed by atoms with Crippen molar-refractivity contribution in [2.24, 2.45) is 0 Å². The van der Waals surface area contributed by atoms with E-state index in [0.29, 0.717) is 0 Å². The zero-order valence-electron chi connectivity index (χ0n) is 25.1. The molecule has 3 aromatic rings. The first-order valence-electron chi connectivity index (χ1n) is 14.4. The maximum atomic E-state index is 16.0. The van der Waals surface area contributed by atoms with Gasteiger partial charge in [-0.2, -0.15) is 5.26 Å². The third kappa shape index (κ3) is 5.86. The van der Waals surface area contributed by atoms with E-state index in [4.69, 9.17) is 9.47 Å². The van der Waals surface area contributed by atoms with E-state index in [1.54, 1.807) is 30.6 Å². The molecule has 0 radical (unpaired) electrons. The van der Waals surface area contributed by atoms with Gasteiger partial charge in [-0.3, -0.25) is 9.36 Å². The smallest absolute Gasteiger partial charge is 0.410 e. The number of amides is 1. The van der Waals surface area contributed by atoms with E-state index in [-0.39, 0.29) is 78.1 Å². The number of likely N-dealkylation sites (N-methyl/N-ethyl adjacent to an activating group) is 1. The Morgan fingerprint density at radius 3 is 2.47 bits per heavy atom. The highest BCUT2D eigenvalue weighted by Gasteiger charge is 2.32. The second kappa shape index (κ2) is 11.8. The number of benzene rings is 1. The van der Waals surface area contributed by atoms with Crippen LogP contribution in [0.3, 0.4) is 0 Å². The number of carbonyl (C=O) groups excluding carboxylic acids is 1. The summed E-state index contributed by atoms with van der Waals surface area (Å²) in [5, 5.41) is 10.5. The molecule has 5 rings (SSSR count). The van der Waals surface area contributed by atoms with E-state index in [9.17, 15) is 14.9 Å². The van der Waals surface area contributed by atoms with Crippen LogP contribution in [-0.2, 0) is 11.3 Å². The Morgan fingerprint density at radius 2 is 1.86 bits per heavy atom. The molecule has 228 valence electrons. The van der Waals surface area contributed by atoms with Gasteiger partial charge in [-0.05, 0) is 65.4 Å². The number of nitrogens with zero attached hydrogens (tertiary/aromatic N) is 6. The molecule has 1 amide bonds. The van der Waals surface area contributed by atoms with Gasteiger partial charge in [0, 0.05) is 44.2 Å². The van der Waals surface area contributed by atoms with Gasteiger partial charge in [-0.25, -0.2) is 18.6 Å². The van der Waals surface area contributed by atoms with Gasteiger partial charge in [-0.1, -0.05) is 6.07 Å². The summed E-state index contributed by atoms with van der Waals surface area (Å²) in [5.74, 6) is -1.44. The molecule has 2 aliphatic rings. The maximum absolute atomic E-state index is 16.0. The van der Waals surface area contributed by atoms with Gasteiger partial charge in [0.05, 0.1) is 18.4 Å². The summed E-state index contributed by atoms with van der Waals surface area (Å²) in [6.07, 6.45) is 1.35. The molecule has 0 spiro atoms. The van der Waals surface area contributed by atoms with Crippen molar-refractivity contribution in [3.8, 4) is 23.1 Å². The number of ether oxygens (including phenoxy) is 2. The van der Waals surface area contributed by atoms with Crippen LogP contribution < -0.4 is 15.2 Å². The molecule has 0 saturated carbocycles. The Balaban J connectivity index is 1.67. The second-order valence-electron chi connectivity index (χ2n) is 12.0. The first kappa shape index (κ1) is 30.2. The molecular formula is C31H36F2N6O4. The topological polar surface area (TPSA) is 104 Å². The average molecular weight is 595 g/mol. The number of anilines is 1. The standard InChI is InChI=1S/C31H36F2N6O4/c1-31(2,3)43-30(41)38-14-12-37(13-15-38)27-20-16-23(33)26(25-22(32)9-6-10-24(25)42-5)35-28(20)39(29(40)21(27)17-34)18-19-8-7-11-36(19)4/h6,9-10,16,19H,7-8,11-15,18H2,1-5H3/t19-/m0/s1. The van der Waals surface area contributed by atoms with E-state index in [1.165, 1.54) is 35.9 Å². The molecule has 0 N–H and O–H groups in total. The number of carbonyl (C=O) groups is 1. The summed E-state index contributed by atoms with van der Waals surface area (Å²) < 4.78 is 43.3. The van der Waals surface area contributed by atoms with Gasteiger partial charge in [0.25, 0.3) is 5.56 Å². The summed E-state index contributed by atoms with van der Waals surface area (Å²) >= 11 is 0. The van der Waals surface area contributed by atoms with E-state index < -0.39 is 28.9 Å². The molecule has 1 atom stereocenters. The molecule has 2 fully saturated rings. The highest BCUT2D eigenvalue weighted by Crippen LogP contribution is 2.37. The number of hydrogen-bond acceptors (Lipinski definition) is 8. The lowest BCUT2D eigenvalue weighted by Crippen LogP contribution is -2.50.